The average molecular weight is 275 g/mol. The van der Waals surface area contributed by atoms with E-state index in [1.54, 1.807) is 17.1 Å². The molecule has 0 atom stereocenters. The van der Waals surface area contributed by atoms with Crippen LogP contribution in [0.25, 0.3) is 0 Å². The van der Waals surface area contributed by atoms with Gasteiger partial charge in [0.05, 0.1) is 12.2 Å². The molecule has 0 aromatic carbocycles. The van der Waals surface area contributed by atoms with Crippen LogP contribution >= 0.6 is 0 Å². The maximum absolute atomic E-state index is 12.2. The van der Waals surface area contributed by atoms with Crippen molar-refractivity contribution in [3.63, 3.8) is 0 Å². The standard InChI is InChI=1S/C14H21N5O/c1-4-19-12(8-11(18-19)7-10(2)3)14(20)17-9-13-15-5-6-16-13/h5-6,8,10H,4,7,9H2,1-3H3,(H,15,16)(H,17,20). The first-order chi connectivity index (χ1) is 9.60. The molecule has 0 aliphatic heterocycles. The Kier molecular flexibility index (Phi) is 4.55. The number of amides is 1. The van der Waals surface area contributed by atoms with Crippen LogP contribution in [0.2, 0.25) is 0 Å². The highest BCUT2D eigenvalue weighted by Crippen LogP contribution is 2.10. The van der Waals surface area contributed by atoms with Crippen LogP contribution in [0.15, 0.2) is 18.5 Å². The zero-order chi connectivity index (χ0) is 14.5. The van der Waals surface area contributed by atoms with E-state index in [9.17, 15) is 4.79 Å². The third-order valence-corrected chi connectivity index (χ3v) is 2.95. The topological polar surface area (TPSA) is 75.6 Å². The predicted molar refractivity (Wildman–Crippen MR) is 76.2 cm³/mol. The van der Waals surface area contributed by atoms with E-state index < -0.39 is 0 Å². The molecule has 1 amide bonds. The lowest BCUT2D eigenvalue weighted by atomic mass is 10.1. The number of aromatic nitrogens is 4. The fourth-order valence-corrected chi connectivity index (χ4v) is 2.06. The summed E-state index contributed by atoms with van der Waals surface area (Å²) in [5.74, 6) is 1.14. The predicted octanol–water partition coefficient (Wildman–Crippen LogP) is 1.75. The number of hydrogen-bond acceptors (Lipinski definition) is 3. The molecule has 6 nitrogen and oxygen atoms in total. The molecule has 2 aromatic rings. The van der Waals surface area contributed by atoms with Crippen LogP contribution in [0.3, 0.4) is 0 Å². The van der Waals surface area contributed by atoms with Gasteiger partial charge in [-0.15, -0.1) is 0 Å². The molecule has 0 radical (unpaired) electrons. The summed E-state index contributed by atoms with van der Waals surface area (Å²) >= 11 is 0. The number of H-pyrrole nitrogens is 1. The lowest BCUT2D eigenvalue weighted by molar-refractivity contribution is 0.0939. The summed E-state index contributed by atoms with van der Waals surface area (Å²) in [6.45, 7) is 7.33. The quantitative estimate of drug-likeness (QED) is 0.843. The van der Waals surface area contributed by atoms with Gasteiger partial charge >= 0.3 is 0 Å². The molecule has 0 unspecified atom stereocenters. The van der Waals surface area contributed by atoms with Gasteiger partial charge in [0.15, 0.2) is 0 Å². The first kappa shape index (κ1) is 14.3. The molecular formula is C14H21N5O. The molecule has 0 aliphatic rings. The second-order valence-electron chi connectivity index (χ2n) is 5.15. The number of aryl methyl sites for hydroxylation is 1. The van der Waals surface area contributed by atoms with Crippen molar-refractivity contribution in [3.05, 3.63) is 35.7 Å². The number of carbonyl (C=O) groups is 1. The van der Waals surface area contributed by atoms with Crippen molar-refractivity contribution >= 4 is 5.91 Å². The van der Waals surface area contributed by atoms with Gasteiger partial charge in [-0.2, -0.15) is 5.10 Å². The maximum Gasteiger partial charge on any atom is 0.269 e. The summed E-state index contributed by atoms with van der Waals surface area (Å²) in [5, 5.41) is 7.32. The SMILES string of the molecule is CCn1nc(CC(C)C)cc1C(=O)NCc1ncc[nH]1. The number of rotatable bonds is 6. The molecule has 0 spiro atoms. The summed E-state index contributed by atoms with van der Waals surface area (Å²) in [6, 6.07) is 1.88. The van der Waals surface area contributed by atoms with Crippen molar-refractivity contribution in [3.8, 4) is 0 Å². The lowest BCUT2D eigenvalue weighted by Gasteiger charge is -2.04. The van der Waals surface area contributed by atoms with Crippen LogP contribution in [0.1, 0.15) is 42.8 Å². The minimum Gasteiger partial charge on any atom is -0.347 e. The summed E-state index contributed by atoms with van der Waals surface area (Å²) < 4.78 is 1.75. The second-order valence-corrected chi connectivity index (χ2v) is 5.15. The van der Waals surface area contributed by atoms with Gasteiger partial charge in [0, 0.05) is 18.9 Å². The van der Waals surface area contributed by atoms with Crippen LogP contribution in [-0.4, -0.2) is 25.7 Å². The first-order valence-corrected chi connectivity index (χ1v) is 6.93. The molecule has 0 saturated carbocycles. The van der Waals surface area contributed by atoms with Crippen molar-refractivity contribution < 1.29 is 4.79 Å². The average Bonchev–Trinajstić information content (AvgIpc) is 3.04. The van der Waals surface area contributed by atoms with Gasteiger partial charge < -0.3 is 10.3 Å². The van der Waals surface area contributed by atoms with Crippen molar-refractivity contribution in [1.82, 2.24) is 25.1 Å². The maximum atomic E-state index is 12.2. The minimum atomic E-state index is -0.120. The molecule has 0 bridgehead atoms. The van der Waals surface area contributed by atoms with E-state index in [1.165, 1.54) is 0 Å². The van der Waals surface area contributed by atoms with Gasteiger partial charge in [-0.25, -0.2) is 4.98 Å². The molecular weight excluding hydrogens is 254 g/mol. The van der Waals surface area contributed by atoms with Gasteiger partial charge in [-0.3, -0.25) is 9.48 Å². The molecule has 2 rings (SSSR count). The van der Waals surface area contributed by atoms with Gasteiger partial charge in [0.1, 0.15) is 11.5 Å². The van der Waals surface area contributed by atoms with E-state index in [0.717, 1.165) is 17.9 Å². The highest BCUT2D eigenvalue weighted by atomic mass is 16.2. The Bertz CT molecular complexity index is 556. The van der Waals surface area contributed by atoms with E-state index in [-0.39, 0.29) is 5.91 Å². The molecule has 108 valence electrons. The zero-order valence-electron chi connectivity index (χ0n) is 12.2. The normalized spacial score (nSPS) is 11.0. The number of nitrogens with one attached hydrogen (secondary N) is 2. The monoisotopic (exact) mass is 275 g/mol. The lowest BCUT2D eigenvalue weighted by Crippen LogP contribution is -2.26. The third kappa shape index (κ3) is 3.46. The van der Waals surface area contributed by atoms with Gasteiger partial charge in [0.25, 0.3) is 5.91 Å². The van der Waals surface area contributed by atoms with E-state index in [4.69, 9.17) is 0 Å². The van der Waals surface area contributed by atoms with Crippen molar-refractivity contribution in [2.45, 2.75) is 40.3 Å². The second kappa shape index (κ2) is 6.36. The Morgan fingerprint density at radius 3 is 2.90 bits per heavy atom. The Balaban J connectivity index is 2.06. The first-order valence-electron chi connectivity index (χ1n) is 6.93. The molecule has 0 fully saturated rings. The Labute approximate surface area is 118 Å². The number of hydrogen-bond donors (Lipinski definition) is 2. The number of imidazole rings is 1. The van der Waals surface area contributed by atoms with Crippen LogP contribution in [0, 0.1) is 5.92 Å². The zero-order valence-corrected chi connectivity index (χ0v) is 12.2. The fourth-order valence-electron chi connectivity index (χ4n) is 2.06. The van der Waals surface area contributed by atoms with E-state index >= 15 is 0 Å². The molecule has 0 aliphatic carbocycles. The minimum absolute atomic E-state index is 0.120. The number of nitrogens with zero attached hydrogens (tertiary/aromatic N) is 3. The van der Waals surface area contributed by atoms with Gasteiger partial charge in [-0.1, -0.05) is 13.8 Å². The van der Waals surface area contributed by atoms with E-state index in [1.807, 2.05) is 13.0 Å². The largest absolute Gasteiger partial charge is 0.347 e. The van der Waals surface area contributed by atoms with Crippen LogP contribution < -0.4 is 5.32 Å². The molecule has 2 N–H and O–H groups in total. The van der Waals surface area contributed by atoms with E-state index in [0.29, 0.717) is 24.7 Å². The highest BCUT2D eigenvalue weighted by molar-refractivity contribution is 5.92. The number of carbonyl (C=O) groups excluding carboxylic acids is 1. The summed E-state index contributed by atoms with van der Waals surface area (Å²) in [5.41, 5.74) is 1.57. The van der Waals surface area contributed by atoms with Crippen molar-refractivity contribution in [1.29, 1.82) is 0 Å². The molecule has 6 heteroatoms. The molecule has 0 saturated heterocycles. The van der Waals surface area contributed by atoms with Crippen LogP contribution in [0.4, 0.5) is 0 Å². The van der Waals surface area contributed by atoms with Crippen molar-refractivity contribution in [2.24, 2.45) is 5.92 Å². The highest BCUT2D eigenvalue weighted by Gasteiger charge is 2.15. The Morgan fingerprint density at radius 1 is 1.50 bits per heavy atom. The van der Waals surface area contributed by atoms with Gasteiger partial charge in [0.2, 0.25) is 0 Å². The van der Waals surface area contributed by atoms with Crippen LogP contribution in [0.5, 0.6) is 0 Å². The molecule has 2 aromatic heterocycles. The molecule has 20 heavy (non-hydrogen) atoms. The van der Waals surface area contributed by atoms with E-state index in [2.05, 4.69) is 34.2 Å². The fraction of sp³-hybridized carbons (Fsp3) is 0.500. The summed E-state index contributed by atoms with van der Waals surface area (Å²) in [4.78, 5) is 19.2. The molecule has 2 heterocycles. The van der Waals surface area contributed by atoms with Crippen LogP contribution in [-0.2, 0) is 19.5 Å². The Hall–Kier alpha value is -2.11. The summed E-state index contributed by atoms with van der Waals surface area (Å²) in [6.07, 6.45) is 4.28. The smallest absolute Gasteiger partial charge is 0.269 e. The Morgan fingerprint density at radius 2 is 2.30 bits per heavy atom. The summed E-state index contributed by atoms with van der Waals surface area (Å²) in [7, 11) is 0. The number of aromatic amines is 1. The van der Waals surface area contributed by atoms with Crippen molar-refractivity contribution in [2.75, 3.05) is 0 Å². The third-order valence-electron chi connectivity index (χ3n) is 2.95. The van der Waals surface area contributed by atoms with Gasteiger partial charge in [-0.05, 0) is 25.3 Å².